The molecule has 2 N–H and O–H groups in total. The largest absolute Gasteiger partial charge is 0.396 e. The first-order chi connectivity index (χ1) is 8.17. The van der Waals surface area contributed by atoms with Gasteiger partial charge in [0.25, 0.3) is 5.95 Å². The zero-order chi connectivity index (χ0) is 12.4. The van der Waals surface area contributed by atoms with Gasteiger partial charge in [0, 0.05) is 16.0 Å². The number of nitrogen functional groups attached to an aromatic ring is 1. The van der Waals surface area contributed by atoms with E-state index in [9.17, 15) is 0 Å². The number of nitrogens with zero attached hydrogens (tertiary/aromatic N) is 4. The van der Waals surface area contributed by atoms with Crippen LogP contribution in [0.5, 0.6) is 0 Å². The molecule has 90 valence electrons. The summed E-state index contributed by atoms with van der Waals surface area (Å²) in [7, 11) is 0. The summed E-state index contributed by atoms with van der Waals surface area (Å²) in [5.74, 6) is 0.577. The fraction of sp³-hybridized carbons (Fsp3) is 0.364. The van der Waals surface area contributed by atoms with Crippen LogP contribution < -0.4 is 5.73 Å². The minimum absolute atomic E-state index is 0.577. The number of nitrogens with two attached hydrogens (primary N) is 1. The summed E-state index contributed by atoms with van der Waals surface area (Å²) < 4.78 is 2.74. The number of anilines is 1. The second kappa shape index (κ2) is 4.99. The predicted octanol–water partition coefficient (Wildman–Crippen LogP) is 1.97. The van der Waals surface area contributed by atoms with Gasteiger partial charge < -0.3 is 5.73 Å². The summed E-state index contributed by atoms with van der Waals surface area (Å²) in [5, 5.41) is 4.46. The molecule has 5 nitrogen and oxygen atoms in total. The van der Waals surface area contributed by atoms with E-state index in [1.165, 1.54) is 0 Å². The fourth-order valence-corrected chi connectivity index (χ4v) is 1.98. The molecule has 0 aromatic carbocycles. The normalized spacial score (nSPS) is 10.8. The van der Waals surface area contributed by atoms with Crippen LogP contribution in [0.25, 0.3) is 5.95 Å². The molecule has 0 atom stereocenters. The Kier molecular flexibility index (Phi) is 3.60. The van der Waals surface area contributed by atoms with Crippen molar-refractivity contribution >= 4 is 28.3 Å². The number of halogens is 1. The lowest BCUT2D eigenvalue weighted by molar-refractivity contribution is 0.745. The van der Waals surface area contributed by atoms with Gasteiger partial charge in [-0.05, 0) is 35.4 Å². The van der Waals surface area contributed by atoms with Gasteiger partial charge in [0.15, 0.2) is 0 Å². The minimum atomic E-state index is 0.577. The van der Waals surface area contributed by atoms with Gasteiger partial charge in [-0.3, -0.25) is 0 Å². The first kappa shape index (κ1) is 12.3. The Hall–Kier alpha value is -1.18. The molecule has 2 aromatic rings. The van der Waals surface area contributed by atoms with E-state index in [0.717, 1.165) is 33.5 Å². The van der Waals surface area contributed by atoms with Gasteiger partial charge >= 0.3 is 0 Å². The van der Waals surface area contributed by atoms with Gasteiger partial charge in [-0.15, -0.1) is 0 Å². The zero-order valence-electron chi connectivity index (χ0n) is 9.81. The Balaban J connectivity index is 2.54. The highest BCUT2D eigenvalue weighted by molar-refractivity contribution is 14.1. The Morgan fingerprint density at radius 3 is 2.41 bits per heavy atom. The number of aryl methyl sites for hydroxylation is 1. The van der Waals surface area contributed by atoms with Crippen molar-refractivity contribution in [2.24, 2.45) is 0 Å². The van der Waals surface area contributed by atoms with Crippen LogP contribution >= 0.6 is 22.6 Å². The van der Waals surface area contributed by atoms with Gasteiger partial charge in [-0.2, -0.15) is 5.10 Å². The van der Waals surface area contributed by atoms with E-state index in [1.54, 1.807) is 17.1 Å². The highest BCUT2D eigenvalue weighted by atomic mass is 127. The second-order valence-electron chi connectivity index (χ2n) is 3.63. The Labute approximate surface area is 114 Å². The van der Waals surface area contributed by atoms with E-state index in [2.05, 4.69) is 44.6 Å². The Bertz CT molecular complexity index is 517. The lowest BCUT2D eigenvalue weighted by atomic mass is 10.2. The average Bonchev–Trinajstić information content (AvgIpc) is 2.66. The van der Waals surface area contributed by atoms with E-state index in [4.69, 9.17) is 5.73 Å². The quantitative estimate of drug-likeness (QED) is 0.866. The first-order valence-corrected chi connectivity index (χ1v) is 6.59. The molecule has 0 saturated heterocycles. The number of rotatable bonds is 3. The molecular weight excluding hydrogens is 329 g/mol. The average molecular weight is 343 g/mol. The zero-order valence-corrected chi connectivity index (χ0v) is 12.0. The number of hydrogen-bond donors (Lipinski definition) is 1. The molecule has 2 aromatic heterocycles. The molecule has 0 amide bonds. The maximum Gasteiger partial charge on any atom is 0.250 e. The highest BCUT2D eigenvalue weighted by Crippen LogP contribution is 2.20. The molecular formula is C11H14IN5. The van der Waals surface area contributed by atoms with Crippen molar-refractivity contribution < 1.29 is 0 Å². The monoisotopic (exact) mass is 343 g/mol. The third-order valence-electron chi connectivity index (χ3n) is 2.56. The molecule has 0 radical (unpaired) electrons. The molecule has 2 rings (SSSR count). The third-order valence-corrected chi connectivity index (χ3v) is 3.12. The molecule has 0 unspecified atom stereocenters. The molecule has 6 heteroatoms. The predicted molar refractivity (Wildman–Crippen MR) is 75.0 cm³/mol. The van der Waals surface area contributed by atoms with Crippen LogP contribution in [-0.2, 0) is 12.8 Å². The Morgan fingerprint density at radius 1 is 1.24 bits per heavy atom. The van der Waals surface area contributed by atoms with E-state index in [-0.39, 0.29) is 0 Å². The lowest BCUT2D eigenvalue weighted by Crippen LogP contribution is -2.07. The summed E-state index contributed by atoms with van der Waals surface area (Å²) in [6.45, 7) is 4.09. The van der Waals surface area contributed by atoms with Crippen molar-refractivity contribution in [3.8, 4) is 5.95 Å². The van der Waals surface area contributed by atoms with Crippen molar-refractivity contribution in [2.45, 2.75) is 26.7 Å². The van der Waals surface area contributed by atoms with Crippen LogP contribution in [0.3, 0.4) is 0 Å². The topological polar surface area (TPSA) is 69.6 Å². The standard InChI is InChI=1S/C11H14IN5/c1-3-8-10(13)9(4-2)17(16-8)11-14-5-7(12)6-15-11/h5-6H,3-4,13H2,1-2H3. The smallest absolute Gasteiger partial charge is 0.250 e. The van der Waals surface area contributed by atoms with Crippen LogP contribution in [-0.4, -0.2) is 19.7 Å². The maximum absolute atomic E-state index is 6.05. The SMILES string of the molecule is CCc1nn(-c2ncc(I)cn2)c(CC)c1N. The third kappa shape index (κ3) is 2.26. The van der Waals surface area contributed by atoms with Gasteiger partial charge in [0.05, 0.1) is 17.1 Å². The van der Waals surface area contributed by atoms with E-state index in [1.807, 2.05) is 6.92 Å². The van der Waals surface area contributed by atoms with Crippen molar-refractivity contribution in [1.82, 2.24) is 19.7 Å². The molecule has 0 saturated carbocycles. The van der Waals surface area contributed by atoms with Gasteiger partial charge in [0.2, 0.25) is 0 Å². The lowest BCUT2D eigenvalue weighted by Gasteiger charge is -2.03. The van der Waals surface area contributed by atoms with Crippen LogP contribution in [0.2, 0.25) is 0 Å². The minimum Gasteiger partial charge on any atom is -0.396 e. The van der Waals surface area contributed by atoms with Crippen molar-refractivity contribution in [3.63, 3.8) is 0 Å². The summed E-state index contributed by atoms with van der Waals surface area (Å²) >= 11 is 2.17. The highest BCUT2D eigenvalue weighted by Gasteiger charge is 2.15. The molecule has 0 bridgehead atoms. The van der Waals surface area contributed by atoms with Crippen molar-refractivity contribution in [2.75, 3.05) is 5.73 Å². The van der Waals surface area contributed by atoms with E-state index in [0.29, 0.717) is 5.95 Å². The molecule has 0 fully saturated rings. The van der Waals surface area contributed by atoms with Crippen molar-refractivity contribution in [3.05, 3.63) is 27.4 Å². The van der Waals surface area contributed by atoms with Gasteiger partial charge in [0.1, 0.15) is 0 Å². The van der Waals surface area contributed by atoms with Crippen molar-refractivity contribution in [1.29, 1.82) is 0 Å². The van der Waals surface area contributed by atoms with E-state index < -0.39 is 0 Å². The maximum atomic E-state index is 6.05. The second-order valence-corrected chi connectivity index (χ2v) is 4.87. The fourth-order valence-electron chi connectivity index (χ4n) is 1.70. The number of aromatic nitrogens is 4. The number of hydrogen-bond acceptors (Lipinski definition) is 4. The van der Waals surface area contributed by atoms with Crippen LogP contribution in [0, 0.1) is 3.57 Å². The molecule has 0 aliphatic heterocycles. The molecule has 2 heterocycles. The van der Waals surface area contributed by atoms with Crippen LogP contribution in [0.4, 0.5) is 5.69 Å². The van der Waals surface area contributed by atoms with Gasteiger partial charge in [-0.1, -0.05) is 13.8 Å². The summed E-state index contributed by atoms with van der Waals surface area (Å²) in [6.07, 6.45) is 5.17. The Morgan fingerprint density at radius 2 is 1.88 bits per heavy atom. The van der Waals surface area contributed by atoms with Crippen LogP contribution in [0.15, 0.2) is 12.4 Å². The van der Waals surface area contributed by atoms with Crippen LogP contribution in [0.1, 0.15) is 25.2 Å². The molecule has 0 aliphatic rings. The summed E-state index contributed by atoms with van der Waals surface area (Å²) in [6, 6.07) is 0. The first-order valence-electron chi connectivity index (χ1n) is 5.51. The summed E-state index contributed by atoms with van der Waals surface area (Å²) in [5.41, 5.74) is 8.69. The molecule has 17 heavy (non-hydrogen) atoms. The summed E-state index contributed by atoms with van der Waals surface area (Å²) in [4.78, 5) is 8.54. The van der Waals surface area contributed by atoms with Gasteiger partial charge in [-0.25, -0.2) is 14.6 Å². The van der Waals surface area contributed by atoms with E-state index >= 15 is 0 Å². The molecule has 0 aliphatic carbocycles. The molecule has 0 spiro atoms.